The van der Waals surface area contributed by atoms with E-state index in [9.17, 15) is 0 Å². The molecule has 3 N–H and O–H groups in total. The monoisotopic (exact) mass is 253 g/mol. The van der Waals surface area contributed by atoms with Crippen molar-refractivity contribution in [2.75, 3.05) is 18.0 Å². The zero-order chi connectivity index (χ0) is 13.0. The van der Waals surface area contributed by atoms with Crippen LogP contribution >= 0.6 is 11.6 Å². The fraction of sp³-hybridized carbons (Fsp3) is 0.462. The molecule has 0 aliphatic heterocycles. The highest BCUT2D eigenvalue weighted by Crippen LogP contribution is 2.27. The molecule has 0 spiro atoms. The first-order chi connectivity index (χ1) is 7.95. The van der Waals surface area contributed by atoms with Crippen molar-refractivity contribution in [2.24, 2.45) is 11.7 Å². The molecule has 0 unspecified atom stereocenters. The average molecular weight is 254 g/mol. The van der Waals surface area contributed by atoms with E-state index < -0.39 is 0 Å². The number of rotatable bonds is 5. The van der Waals surface area contributed by atoms with Crippen LogP contribution in [0.2, 0.25) is 5.02 Å². The molecule has 17 heavy (non-hydrogen) atoms. The van der Waals surface area contributed by atoms with Gasteiger partial charge in [0.25, 0.3) is 0 Å². The first kappa shape index (κ1) is 13.8. The minimum absolute atomic E-state index is 0.0466. The Morgan fingerprint density at radius 3 is 2.53 bits per heavy atom. The first-order valence-electron chi connectivity index (χ1n) is 5.84. The Kier molecular flexibility index (Phi) is 4.82. The highest BCUT2D eigenvalue weighted by atomic mass is 35.5. The van der Waals surface area contributed by atoms with E-state index in [1.165, 1.54) is 0 Å². The van der Waals surface area contributed by atoms with Gasteiger partial charge in [-0.3, -0.25) is 5.41 Å². The number of nitrogens with zero attached hydrogens (tertiary/aromatic N) is 1. The van der Waals surface area contributed by atoms with Gasteiger partial charge in [-0.05, 0) is 31.0 Å². The van der Waals surface area contributed by atoms with Crippen LogP contribution in [0.1, 0.15) is 26.3 Å². The molecular weight excluding hydrogens is 234 g/mol. The smallest absolute Gasteiger partial charge is 0.122 e. The molecule has 0 saturated carbocycles. The molecule has 1 aromatic carbocycles. The first-order valence-corrected chi connectivity index (χ1v) is 6.22. The summed E-state index contributed by atoms with van der Waals surface area (Å²) in [7, 11) is 0. The number of benzene rings is 1. The van der Waals surface area contributed by atoms with Crippen LogP contribution in [0.5, 0.6) is 0 Å². The number of halogens is 1. The molecule has 3 nitrogen and oxygen atoms in total. The summed E-state index contributed by atoms with van der Waals surface area (Å²) in [6, 6.07) is 5.53. The van der Waals surface area contributed by atoms with Gasteiger partial charge in [-0.25, -0.2) is 0 Å². The molecule has 0 saturated heterocycles. The maximum absolute atomic E-state index is 7.37. The van der Waals surface area contributed by atoms with Crippen LogP contribution in [0.3, 0.4) is 0 Å². The second-order valence-corrected chi connectivity index (χ2v) is 4.92. The zero-order valence-corrected chi connectivity index (χ0v) is 11.4. The summed E-state index contributed by atoms with van der Waals surface area (Å²) >= 11 is 6.24. The van der Waals surface area contributed by atoms with Gasteiger partial charge in [-0.15, -0.1) is 0 Å². The second-order valence-electron chi connectivity index (χ2n) is 4.51. The summed E-state index contributed by atoms with van der Waals surface area (Å²) in [6.07, 6.45) is 0. The largest absolute Gasteiger partial charge is 0.384 e. The Balaban J connectivity index is 3.00. The van der Waals surface area contributed by atoms with Crippen molar-refractivity contribution in [3.8, 4) is 0 Å². The molecule has 0 amide bonds. The molecule has 0 heterocycles. The third kappa shape index (κ3) is 3.63. The van der Waals surface area contributed by atoms with Crippen molar-refractivity contribution in [1.29, 1.82) is 5.41 Å². The predicted octanol–water partition coefficient (Wildman–Crippen LogP) is 3.11. The quantitative estimate of drug-likeness (QED) is 0.626. The van der Waals surface area contributed by atoms with Crippen LogP contribution in [-0.2, 0) is 0 Å². The third-order valence-electron chi connectivity index (χ3n) is 2.57. The zero-order valence-electron chi connectivity index (χ0n) is 10.6. The van der Waals surface area contributed by atoms with E-state index in [2.05, 4.69) is 25.7 Å². The maximum atomic E-state index is 7.37. The lowest BCUT2D eigenvalue weighted by Crippen LogP contribution is -2.27. The number of nitrogen functional groups attached to an aromatic ring is 1. The molecule has 0 aliphatic rings. The van der Waals surface area contributed by atoms with Crippen LogP contribution < -0.4 is 10.6 Å². The van der Waals surface area contributed by atoms with Gasteiger partial charge in [0.15, 0.2) is 0 Å². The topological polar surface area (TPSA) is 53.1 Å². The molecular formula is C13H20ClN3. The SMILES string of the molecule is CCN(CC(C)C)c1ccc(C(=N)N)cc1Cl. The van der Waals surface area contributed by atoms with E-state index in [1.807, 2.05) is 12.1 Å². The maximum Gasteiger partial charge on any atom is 0.122 e. The Hall–Kier alpha value is -1.22. The standard InChI is InChI=1S/C13H20ClN3/c1-4-17(8-9(2)3)12-6-5-10(13(15)16)7-11(12)14/h5-7,9H,4,8H2,1-3H3,(H3,15,16). The summed E-state index contributed by atoms with van der Waals surface area (Å²) in [5.41, 5.74) is 7.11. The molecule has 94 valence electrons. The van der Waals surface area contributed by atoms with Gasteiger partial charge in [0.2, 0.25) is 0 Å². The van der Waals surface area contributed by atoms with Crippen LogP contribution in [0.4, 0.5) is 5.69 Å². The normalized spacial score (nSPS) is 10.6. The lowest BCUT2D eigenvalue weighted by Gasteiger charge is -2.26. The van der Waals surface area contributed by atoms with Crippen LogP contribution in [0.15, 0.2) is 18.2 Å². The Labute approximate surface area is 108 Å². The minimum atomic E-state index is 0.0466. The molecule has 0 atom stereocenters. The number of hydrogen-bond acceptors (Lipinski definition) is 2. The third-order valence-corrected chi connectivity index (χ3v) is 2.87. The van der Waals surface area contributed by atoms with Crippen LogP contribution in [0, 0.1) is 11.3 Å². The number of nitrogens with one attached hydrogen (secondary N) is 1. The van der Waals surface area contributed by atoms with Gasteiger partial charge in [0.05, 0.1) is 10.7 Å². The van der Waals surface area contributed by atoms with E-state index >= 15 is 0 Å². The lowest BCUT2D eigenvalue weighted by atomic mass is 10.1. The predicted molar refractivity (Wildman–Crippen MR) is 75.2 cm³/mol. The minimum Gasteiger partial charge on any atom is -0.384 e. The summed E-state index contributed by atoms with van der Waals surface area (Å²) < 4.78 is 0. The highest BCUT2D eigenvalue weighted by Gasteiger charge is 2.11. The number of nitrogens with two attached hydrogens (primary N) is 1. The molecule has 1 aromatic rings. The summed E-state index contributed by atoms with van der Waals surface area (Å²) in [5, 5.41) is 8.03. The van der Waals surface area contributed by atoms with Crippen LogP contribution in [-0.4, -0.2) is 18.9 Å². The molecule has 0 bridgehead atoms. The van der Waals surface area contributed by atoms with E-state index in [0.29, 0.717) is 16.5 Å². The van der Waals surface area contributed by atoms with Gasteiger partial charge in [0.1, 0.15) is 5.84 Å². The van der Waals surface area contributed by atoms with Crippen molar-refractivity contribution in [3.63, 3.8) is 0 Å². The van der Waals surface area contributed by atoms with Gasteiger partial charge < -0.3 is 10.6 Å². The molecule has 0 aromatic heterocycles. The Bertz CT molecular complexity index is 402. The van der Waals surface area contributed by atoms with Crippen molar-refractivity contribution < 1.29 is 0 Å². The highest BCUT2D eigenvalue weighted by molar-refractivity contribution is 6.33. The average Bonchev–Trinajstić information content (AvgIpc) is 2.25. The van der Waals surface area contributed by atoms with Crippen LogP contribution in [0.25, 0.3) is 0 Å². The number of amidine groups is 1. The van der Waals surface area contributed by atoms with Crippen molar-refractivity contribution in [3.05, 3.63) is 28.8 Å². The fourth-order valence-electron chi connectivity index (χ4n) is 1.77. The number of anilines is 1. The molecule has 0 fully saturated rings. The van der Waals surface area contributed by atoms with Gasteiger partial charge >= 0.3 is 0 Å². The molecule has 4 heteroatoms. The van der Waals surface area contributed by atoms with Gasteiger partial charge in [-0.2, -0.15) is 0 Å². The molecule has 0 aliphatic carbocycles. The van der Waals surface area contributed by atoms with Gasteiger partial charge in [-0.1, -0.05) is 25.4 Å². The second kappa shape index (κ2) is 5.92. The molecule has 1 rings (SSSR count). The van der Waals surface area contributed by atoms with Crippen molar-refractivity contribution in [1.82, 2.24) is 0 Å². The Morgan fingerprint density at radius 1 is 1.47 bits per heavy atom. The fourth-order valence-corrected chi connectivity index (χ4v) is 2.07. The van der Waals surface area contributed by atoms with E-state index in [4.69, 9.17) is 22.7 Å². The van der Waals surface area contributed by atoms with Crippen molar-refractivity contribution in [2.45, 2.75) is 20.8 Å². The summed E-state index contributed by atoms with van der Waals surface area (Å²) in [6.45, 7) is 8.35. The number of hydrogen-bond donors (Lipinski definition) is 2. The lowest BCUT2D eigenvalue weighted by molar-refractivity contribution is 0.619. The van der Waals surface area contributed by atoms with Gasteiger partial charge in [0, 0.05) is 18.7 Å². The molecule has 0 radical (unpaired) electrons. The van der Waals surface area contributed by atoms with Crippen molar-refractivity contribution >= 4 is 23.1 Å². The van der Waals surface area contributed by atoms with E-state index in [0.717, 1.165) is 18.8 Å². The van der Waals surface area contributed by atoms with E-state index in [1.54, 1.807) is 6.07 Å². The van der Waals surface area contributed by atoms with E-state index in [-0.39, 0.29) is 5.84 Å². The Morgan fingerprint density at radius 2 is 2.12 bits per heavy atom. The summed E-state index contributed by atoms with van der Waals surface area (Å²) in [5.74, 6) is 0.629. The summed E-state index contributed by atoms with van der Waals surface area (Å²) in [4.78, 5) is 2.23.